The van der Waals surface area contributed by atoms with Crippen LogP contribution in [0.3, 0.4) is 0 Å². The van der Waals surface area contributed by atoms with Crippen LogP contribution in [0.2, 0.25) is 0 Å². The molecule has 4 rings (SSSR count). The van der Waals surface area contributed by atoms with Crippen LogP contribution in [0.5, 0.6) is 0 Å². The number of hydrogen-bond donors (Lipinski definition) is 2. The van der Waals surface area contributed by atoms with E-state index in [1.165, 1.54) is 11.3 Å². The van der Waals surface area contributed by atoms with E-state index in [9.17, 15) is 14.7 Å². The largest absolute Gasteiger partial charge is 0.444 e. The summed E-state index contributed by atoms with van der Waals surface area (Å²) in [6.07, 6.45) is 0.988. The quantitative estimate of drug-likeness (QED) is 0.232. The van der Waals surface area contributed by atoms with Gasteiger partial charge >= 0.3 is 6.09 Å². The fraction of sp³-hybridized carbons (Fsp3) is 0.400. The number of nitrogens with one attached hydrogen (secondary N) is 1. The van der Waals surface area contributed by atoms with Crippen LogP contribution in [0.15, 0.2) is 64.7 Å². The van der Waals surface area contributed by atoms with Crippen molar-refractivity contribution >= 4 is 34.4 Å². The monoisotopic (exact) mass is 564 g/mol. The molecule has 0 aliphatic rings. The molecule has 2 N–H and O–H groups in total. The van der Waals surface area contributed by atoms with Gasteiger partial charge in [0, 0.05) is 30.3 Å². The molecule has 0 bridgehead atoms. The predicted molar refractivity (Wildman–Crippen MR) is 154 cm³/mol. The zero-order valence-electron chi connectivity index (χ0n) is 23.2. The lowest BCUT2D eigenvalue weighted by Gasteiger charge is -2.33. The first-order valence-electron chi connectivity index (χ1n) is 13.5. The van der Waals surface area contributed by atoms with E-state index in [0.717, 1.165) is 10.4 Å². The highest BCUT2D eigenvalue weighted by atomic mass is 32.1. The Kier molecular flexibility index (Phi) is 9.89. The van der Waals surface area contributed by atoms with Gasteiger partial charge in [-0.15, -0.1) is 11.3 Å². The number of fused-ring (bicyclic) bond motifs is 1. The van der Waals surface area contributed by atoms with E-state index in [1.54, 1.807) is 34.8 Å². The molecule has 0 radical (unpaired) electrons. The summed E-state index contributed by atoms with van der Waals surface area (Å²) < 4.78 is 11.2. The second kappa shape index (κ2) is 13.5. The molecule has 40 heavy (non-hydrogen) atoms. The summed E-state index contributed by atoms with van der Waals surface area (Å²) >= 11 is 1.39. The molecule has 2 aromatic heterocycles. The van der Waals surface area contributed by atoms with E-state index in [2.05, 4.69) is 15.3 Å². The Morgan fingerprint density at radius 2 is 1.93 bits per heavy atom. The summed E-state index contributed by atoms with van der Waals surface area (Å²) in [7, 11) is 0. The normalized spacial score (nSPS) is 13.7. The number of thiazole rings is 1. The Morgan fingerprint density at radius 3 is 2.60 bits per heavy atom. The number of carbonyl (C=O) groups excluding carboxylic acids is 2. The standard InChI is InChI=1S/C30H36N4O5S/c1-5-20(4)34(29(36)22-11-12-24-27(14-22)39-28(32-24)19(2)3)16-26(35)25(13-21-9-7-6-8-10-21)33-30(37)38-17-23-15-31-18-40-23/h6-12,14-15,18-20,25-26,35H,5,13,16-17H2,1-4H3,(H,33,37)/t20?,25-,26?/m0/s1. The Bertz CT molecular complexity index is 1390. The van der Waals surface area contributed by atoms with E-state index < -0.39 is 18.2 Å². The lowest BCUT2D eigenvalue weighted by Crippen LogP contribution is -2.52. The average Bonchev–Trinajstić information content (AvgIpc) is 3.64. The van der Waals surface area contributed by atoms with Gasteiger partial charge in [0.2, 0.25) is 0 Å². The molecule has 0 aliphatic carbocycles. The third kappa shape index (κ3) is 7.45. The lowest BCUT2D eigenvalue weighted by atomic mass is 10.00. The predicted octanol–water partition coefficient (Wildman–Crippen LogP) is 5.55. The van der Waals surface area contributed by atoms with Gasteiger partial charge in [-0.05, 0) is 43.5 Å². The zero-order chi connectivity index (χ0) is 28.6. The number of nitrogens with zero attached hydrogens (tertiary/aromatic N) is 3. The summed E-state index contributed by atoms with van der Waals surface area (Å²) in [4.78, 5) is 37.4. The first-order valence-corrected chi connectivity index (χ1v) is 14.4. The highest BCUT2D eigenvalue weighted by Gasteiger charge is 2.29. The molecule has 0 fully saturated rings. The topological polar surface area (TPSA) is 118 Å². The van der Waals surface area contributed by atoms with Crippen LogP contribution >= 0.6 is 11.3 Å². The molecule has 4 aromatic rings. The minimum absolute atomic E-state index is 0.0200. The molecule has 212 valence electrons. The number of aliphatic hydroxyl groups is 1. The van der Waals surface area contributed by atoms with Crippen molar-refractivity contribution in [3.8, 4) is 0 Å². The number of benzene rings is 2. The fourth-order valence-electron chi connectivity index (χ4n) is 4.29. The Balaban J connectivity index is 1.52. The third-order valence-electron chi connectivity index (χ3n) is 6.81. The van der Waals surface area contributed by atoms with Crippen LogP contribution in [-0.4, -0.2) is 56.7 Å². The summed E-state index contributed by atoms with van der Waals surface area (Å²) in [5, 5.41) is 14.2. The molecule has 10 heteroatoms. The number of hydrogen-bond acceptors (Lipinski definition) is 8. The van der Waals surface area contributed by atoms with Crippen molar-refractivity contribution in [2.75, 3.05) is 6.54 Å². The van der Waals surface area contributed by atoms with Gasteiger partial charge in [-0.3, -0.25) is 9.78 Å². The second-order valence-electron chi connectivity index (χ2n) is 10.2. The van der Waals surface area contributed by atoms with Gasteiger partial charge in [0.05, 0.1) is 22.5 Å². The molecule has 2 heterocycles. The minimum atomic E-state index is -1.06. The van der Waals surface area contributed by atoms with Crippen LogP contribution in [0.1, 0.15) is 66.7 Å². The maximum Gasteiger partial charge on any atom is 0.407 e. The van der Waals surface area contributed by atoms with Crippen molar-refractivity contribution in [3.63, 3.8) is 0 Å². The molecule has 0 saturated heterocycles. The number of alkyl carbamates (subject to hydrolysis) is 1. The molecular formula is C30H36N4O5S. The van der Waals surface area contributed by atoms with Gasteiger partial charge in [0.15, 0.2) is 11.5 Å². The van der Waals surface area contributed by atoms with Crippen molar-refractivity contribution in [2.24, 2.45) is 0 Å². The molecule has 2 unspecified atom stereocenters. The molecule has 0 aliphatic heterocycles. The number of amides is 2. The number of rotatable bonds is 12. The number of oxazole rings is 1. The first-order chi connectivity index (χ1) is 19.2. The lowest BCUT2D eigenvalue weighted by molar-refractivity contribution is 0.0424. The summed E-state index contributed by atoms with van der Waals surface area (Å²) in [5.74, 6) is 0.510. The number of ether oxygens (including phenoxy) is 1. The number of aromatic nitrogens is 2. The zero-order valence-corrected chi connectivity index (χ0v) is 24.1. The van der Waals surface area contributed by atoms with Crippen LogP contribution in [0, 0.1) is 0 Å². The highest BCUT2D eigenvalue weighted by Crippen LogP contribution is 2.23. The van der Waals surface area contributed by atoms with E-state index in [0.29, 0.717) is 35.4 Å². The maximum absolute atomic E-state index is 13.7. The molecule has 9 nitrogen and oxygen atoms in total. The average molecular weight is 565 g/mol. The van der Waals surface area contributed by atoms with Crippen LogP contribution in [0.4, 0.5) is 4.79 Å². The summed E-state index contributed by atoms with van der Waals surface area (Å²) in [6.45, 7) is 8.03. The Labute approximate surface area is 238 Å². The van der Waals surface area contributed by atoms with Crippen molar-refractivity contribution in [1.29, 1.82) is 0 Å². The fourth-order valence-corrected chi connectivity index (χ4v) is 4.80. The molecule has 0 spiro atoms. The van der Waals surface area contributed by atoms with E-state index >= 15 is 0 Å². The molecule has 3 atom stereocenters. The van der Waals surface area contributed by atoms with Gasteiger partial charge < -0.3 is 24.5 Å². The van der Waals surface area contributed by atoms with Crippen molar-refractivity contribution in [3.05, 3.63) is 82.1 Å². The SMILES string of the molecule is CCC(C)N(CC(O)[C@H](Cc1ccccc1)NC(=O)OCc1cncs1)C(=O)c1ccc2nc(C(C)C)oc2c1. The van der Waals surface area contributed by atoms with Crippen LogP contribution < -0.4 is 5.32 Å². The van der Waals surface area contributed by atoms with Gasteiger partial charge in [0.25, 0.3) is 5.91 Å². The van der Waals surface area contributed by atoms with Crippen LogP contribution in [-0.2, 0) is 17.8 Å². The van der Waals surface area contributed by atoms with Crippen LogP contribution in [0.25, 0.3) is 11.1 Å². The first kappa shape index (κ1) is 29.2. The smallest absolute Gasteiger partial charge is 0.407 e. The molecule has 2 aromatic carbocycles. The maximum atomic E-state index is 13.7. The number of carbonyl (C=O) groups is 2. The van der Waals surface area contributed by atoms with E-state index in [-0.39, 0.29) is 31.0 Å². The van der Waals surface area contributed by atoms with Gasteiger partial charge in [-0.25, -0.2) is 9.78 Å². The van der Waals surface area contributed by atoms with Gasteiger partial charge in [-0.2, -0.15) is 0 Å². The van der Waals surface area contributed by atoms with Crippen molar-refractivity contribution in [1.82, 2.24) is 20.2 Å². The molecule has 0 saturated carbocycles. The third-order valence-corrected chi connectivity index (χ3v) is 7.56. The molecular weight excluding hydrogens is 528 g/mol. The Morgan fingerprint density at radius 1 is 1.15 bits per heavy atom. The van der Waals surface area contributed by atoms with Crippen molar-refractivity contribution in [2.45, 2.75) is 71.2 Å². The van der Waals surface area contributed by atoms with E-state index in [1.807, 2.05) is 58.0 Å². The van der Waals surface area contributed by atoms with Crippen molar-refractivity contribution < 1.29 is 23.8 Å². The second-order valence-corrected chi connectivity index (χ2v) is 11.1. The van der Waals surface area contributed by atoms with E-state index in [4.69, 9.17) is 9.15 Å². The van der Waals surface area contributed by atoms with Gasteiger partial charge in [0.1, 0.15) is 12.1 Å². The summed E-state index contributed by atoms with van der Waals surface area (Å²) in [6, 6.07) is 13.9. The molecule has 2 amide bonds. The number of aliphatic hydroxyl groups excluding tert-OH is 1. The summed E-state index contributed by atoms with van der Waals surface area (Å²) in [5.41, 5.74) is 4.30. The van der Waals surface area contributed by atoms with Gasteiger partial charge in [-0.1, -0.05) is 51.1 Å². The Hall–Kier alpha value is -3.76. The minimum Gasteiger partial charge on any atom is -0.444 e. The highest BCUT2D eigenvalue weighted by molar-refractivity contribution is 7.09.